The molecule has 1 aromatic rings. The number of allylic oxidation sites excluding steroid dienone is 2. The van der Waals surface area contributed by atoms with Crippen LogP contribution in [0, 0.1) is 37.5 Å². The molecule has 128 valence electrons. The Labute approximate surface area is 143 Å². The molecule has 0 radical (unpaired) electrons. The number of carboxylic acids is 1. The third-order valence-electron chi connectivity index (χ3n) is 5.78. The average Bonchev–Trinajstić information content (AvgIpc) is 3.06. The summed E-state index contributed by atoms with van der Waals surface area (Å²) < 4.78 is 0. The maximum atomic E-state index is 12.9. The molecule has 2 saturated carbocycles. The second-order valence-corrected chi connectivity index (χ2v) is 7.42. The summed E-state index contributed by atoms with van der Waals surface area (Å²) in [6, 6.07) is 5.80. The average molecular weight is 327 g/mol. The van der Waals surface area contributed by atoms with E-state index in [1.54, 1.807) is 0 Å². The van der Waals surface area contributed by atoms with Crippen molar-refractivity contribution in [2.45, 2.75) is 40.5 Å². The number of hydrogen-bond donors (Lipinski definition) is 2. The van der Waals surface area contributed by atoms with Gasteiger partial charge in [-0.1, -0.05) is 17.2 Å². The summed E-state index contributed by atoms with van der Waals surface area (Å²) in [6.45, 7) is 8.09. The van der Waals surface area contributed by atoms with Crippen molar-refractivity contribution in [1.82, 2.24) is 0 Å². The van der Waals surface area contributed by atoms with Crippen LogP contribution in [-0.4, -0.2) is 17.0 Å². The first-order valence-corrected chi connectivity index (χ1v) is 8.59. The Morgan fingerprint density at radius 2 is 1.67 bits per heavy atom. The van der Waals surface area contributed by atoms with Crippen molar-refractivity contribution >= 4 is 17.6 Å². The summed E-state index contributed by atoms with van der Waals surface area (Å²) in [7, 11) is 0. The van der Waals surface area contributed by atoms with Crippen molar-refractivity contribution in [3.8, 4) is 0 Å². The van der Waals surface area contributed by atoms with Gasteiger partial charge in [-0.2, -0.15) is 0 Å². The second-order valence-electron chi connectivity index (χ2n) is 7.42. The number of benzene rings is 1. The molecule has 1 amide bonds. The van der Waals surface area contributed by atoms with E-state index in [0.29, 0.717) is 0 Å². The highest BCUT2D eigenvalue weighted by molar-refractivity contribution is 5.96. The predicted octanol–water partition coefficient (Wildman–Crippen LogP) is 3.94. The molecule has 0 heterocycles. The molecular formula is C20H25NO3. The lowest BCUT2D eigenvalue weighted by Crippen LogP contribution is -2.37. The number of carbonyl (C=O) groups excluding carboxylic acids is 1. The quantitative estimate of drug-likeness (QED) is 0.827. The number of fused-ring (bicyclic) bond motifs is 2. The number of carbonyl (C=O) groups is 2. The molecule has 24 heavy (non-hydrogen) atoms. The van der Waals surface area contributed by atoms with E-state index in [-0.39, 0.29) is 17.7 Å². The minimum absolute atomic E-state index is 0.0213. The molecule has 0 spiro atoms. The molecule has 0 aromatic heterocycles. The van der Waals surface area contributed by atoms with E-state index in [1.165, 1.54) is 16.7 Å². The molecule has 2 aliphatic carbocycles. The van der Waals surface area contributed by atoms with E-state index >= 15 is 0 Å². The normalized spacial score (nSPS) is 28.1. The van der Waals surface area contributed by atoms with Gasteiger partial charge in [0.1, 0.15) is 0 Å². The van der Waals surface area contributed by atoms with Crippen molar-refractivity contribution in [3.63, 3.8) is 0 Å². The van der Waals surface area contributed by atoms with Crippen molar-refractivity contribution in [2.75, 3.05) is 5.32 Å². The van der Waals surface area contributed by atoms with E-state index in [9.17, 15) is 14.7 Å². The number of aliphatic carboxylic acids is 1. The first-order valence-electron chi connectivity index (χ1n) is 8.59. The minimum Gasteiger partial charge on any atom is -0.481 e. The third-order valence-corrected chi connectivity index (χ3v) is 5.78. The lowest BCUT2D eigenvalue weighted by molar-refractivity contribution is -0.148. The first-order chi connectivity index (χ1) is 11.3. The van der Waals surface area contributed by atoms with Crippen LogP contribution < -0.4 is 5.32 Å². The SMILES string of the molecule is CC(C)=C1[C@H]2CC[C@@H]1[C@H](C(=O)Nc1ccc(C)c(C)c1)[C@@H]2C(=O)O. The van der Waals surface area contributed by atoms with Gasteiger partial charge in [0.2, 0.25) is 5.91 Å². The lowest BCUT2D eigenvalue weighted by Gasteiger charge is -2.26. The highest BCUT2D eigenvalue weighted by atomic mass is 16.4. The number of aryl methyl sites for hydroxylation is 2. The molecular weight excluding hydrogens is 302 g/mol. The Morgan fingerprint density at radius 1 is 1.04 bits per heavy atom. The van der Waals surface area contributed by atoms with E-state index in [4.69, 9.17) is 0 Å². The van der Waals surface area contributed by atoms with Gasteiger partial charge in [-0.25, -0.2) is 0 Å². The molecule has 4 nitrogen and oxygen atoms in total. The van der Waals surface area contributed by atoms with Crippen molar-refractivity contribution in [1.29, 1.82) is 0 Å². The zero-order valence-corrected chi connectivity index (χ0v) is 14.7. The van der Waals surface area contributed by atoms with Crippen LogP contribution in [0.4, 0.5) is 5.69 Å². The van der Waals surface area contributed by atoms with E-state index in [2.05, 4.69) is 5.32 Å². The monoisotopic (exact) mass is 327 g/mol. The summed E-state index contributed by atoms with van der Waals surface area (Å²) in [5, 5.41) is 12.7. The Kier molecular flexibility index (Phi) is 4.24. The number of carboxylic acid groups (broad SMARTS) is 1. The maximum Gasteiger partial charge on any atom is 0.307 e. The molecule has 0 unspecified atom stereocenters. The molecule has 2 N–H and O–H groups in total. The summed E-state index contributed by atoms with van der Waals surface area (Å²) in [5.41, 5.74) is 5.41. The number of anilines is 1. The summed E-state index contributed by atoms with van der Waals surface area (Å²) in [5.74, 6) is -1.97. The van der Waals surface area contributed by atoms with E-state index in [0.717, 1.165) is 24.1 Å². The van der Waals surface area contributed by atoms with Gasteiger partial charge >= 0.3 is 5.97 Å². The van der Waals surface area contributed by atoms with E-state index < -0.39 is 17.8 Å². The Hall–Kier alpha value is -2.10. The fourth-order valence-electron chi connectivity index (χ4n) is 4.65. The molecule has 2 aliphatic rings. The third kappa shape index (κ3) is 2.64. The Balaban J connectivity index is 1.89. The van der Waals surface area contributed by atoms with Crippen LogP contribution >= 0.6 is 0 Å². The highest BCUT2D eigenvalue weighted by Gasteiger charge is 2.57. The maximum absolute atomic E-state index is 12.9. The number of nitrogens with one attached hydrogen (secondary N) is 1. The standard InChI is InChI=1S/C20H25NO3/c1-10(2)16-14-7-8-15(16)18(20(23)24)17(14)19(22)21-13-6-5-11(3)12(4)9-13/h5-6,9,14-15,17-18H,7-8H2,1-4H3,(H,21,22)(H,23,24)/t14-,15+,17-,18+/m0/s1. The molecule has 0 aliphatic heterocycles. The van der Waals surface area contributed by atoms with Gasteiger partial charge < -0.3 is 10.4 Å². The van der Waals surface area contributed by atoms with Crippen molar-refractivity contribution in [3.05, 3.63) is 40.5 Å². The van der Waals surface area contributed by atoms with Crippen molar-refractivity contribution in [2.24, 2.45) is 23.7 Å². The summed E-state index contributed by atoms with van der Waals surface area (Å²) in [6.07, 6.45) is 1.80. The zero-order valence-electron chi connectivity index (χ0n) is 14.7. The van der Waals surface area contributed by atoms with Gasteiger partial charge in [-0.15, -0.1) is 0 Å². The van der Waals surface area contributed by atoms with Gasteiger partial charge in [-0.3, -0.25) is 9.59 Å². The molecule has 2 bridgehead atoms. The summed E-state index contributed by atoms with van der Waals surface area (Å²) in [4.78, 5) is 24.7. The van der Waals surface area contributed by atoms with Gasteiger partial charge in [0, 0.05) is 5.69 Å². The summed E-state index contributed by atoms with van der Waals surface area (Å²) >= 11 is 0. The van der Waals surface area contributed by atoms with Crippen molar-refractivity contribution < 1.29 is 14.7 Å². The molecule has 3 rings (SSSR count). The van der Waals surface area contributed by atoms with Gasteiger partial charge in [0.25, 0.3) is 0 Å². The molecule has 4 heteroatoms. The second kappa shape index (κ2) is 6.08. The largest absolute Gasteiger partial charge is 0.481 e. The van der Waals surface area contributed by atoms with Crippen LogP contribution in [-0.2, 0) is 9.59 Å². The fourth-order valence-corrected chi connectivity index (χ4v) is 4.65. The zero-order chi connectivity index (χ0) is 17.6. The molecule has 4 atom stereocenters. The van der Waals surface area contributed by atoms with Crippen LogP contribution in [0.1, 0.15) is 37.8 Å². The topological polar surface area (TPSA) is 66.4 Å². The Morgan fingerprint density at radius 3 is 2.21 bits per heavy atom. The molecule has 1 aromatic carbocycles. The van der Waals surface area contributed by atoms with Crippen LogP contribution in [0.3, 0.4) is 0 Å². The first kappa shape index (κ1) is 16.7. The fraction of sp³-hybridized carbons (Fsp3) is 0.500. The van der Waals surface area contributed by atoms with Crippen LogP contribution in [0.2, 0.25) is 0 Å². The predicted molar refractivity (Wildman–Crippen MR) is 93.7 cm³/mol. The molecule has 2 fully saturated rings. The lowest BCUT2D eigenvalue weighted by atomic mass is 9.78. The molecule has 0 saturated heterocycles. The van der Waals surface area contributed by atoms with Gasteiger partial charge in [0.05, 0.1) is 11.8 Å². The number of rotatable bonds is 3. The van der Waals surface area contributed by atoms with E-state index in [1.807, 2.05) is 45.9 Å². The smallest absolute Gasteiger partial charge is 0.307 e. The van der Waals surface area contributed by atoms with Gasteiger partial charge in [0.15, 0.2) is 0 Å². The van der Waals surface area contributed by atoms with Crippen LogP contribution in [0.5, 0.6) is 0 Å². The van der Waals surface area contributed by atoms with Crippen LogP contribution in [0.15, 0.2) is 29.3 Å². The minimum atomic E-state index is -0.846. The number of hydrogen-bond acceptors (Lipinski definition) is 2. The Bertz CT molecular complexity index is 730. The van der Waals surface area contributed by atoms with Crippen LogP contribution in [0.25, 0.3) is 0 Å². The van der Waals surface area contributed by atoms with Gasteiger partial charge in [-0.05, 0) is 75.6 Å². The highest BCUT2D eigenvalue weighted by Crippen LogP contribution is 2.57. The number of amides is 1.